The molecule has 0 spiro atoms. The molecule has 0 unspecified atom stereocenters. The summed E-state index contributed by atoms with van der Waals surface area (Å²) in [5, 5.41) is 0. The number of carbonyl (C=O) groups excluding carboxylic acids is 1. The van der Waals surface area contributed by atoms with Crippen LogP contribution in [0.1, 0.15) is 56.1 Å². The molecule has 2 bridgehead atoms. The smallest absolute Gasteiger partial charge is 0.225 e. The van der Waals surface area contributed by atoms with Crippen LogP contribution in [-0.2, 0) is 16.6 Å². The summed E-state index contributed by atoms with van der Waals surface area (Å²) in [5.74, 6) is 3.84. The molecule has 3 fully saturated rings. The summed E-state index contributed by atoms with van der Waals surface area (Å²) in [6.45, 7) is 0.927. The maximum atomic E-state index is 13.2. The van der Waals surface area contributed by atoms with Gasteiger partial charge >= 0.3 is 0 Å². The quantitative estimate of drug-likeness (QED) is 0.661. The maximum Gasteiger partial charge on any atom is 0.225 e. The summed E-state index contributed by atoms with van der Waals surface area (Å²) in [4.78, 5) is 15.4. The summed E-state index contributed by atoms with van der Waals surface area (Å²) in [6.07, 6.45) is 9.26. The van der Waals surface area contributed by atoms with Crippen molar-refractivity contribution in [2.24, 2.45) is 11.8 Å². The zero-order chi connectivity index (χ0) is 21.0. The number of piperidine rings is 1. The zero-order valence-electron chi connectivity index (χ0n) is 18.3. The highest BCUT2D eigenvalue weighted by Crippen LogP contribution is 2.57. The number of amides is 1. The van der Waals surface area contributed by atoms with E-state index in [0.717, 1.165) is 49.5 Å². The van der Waals surface area contributed by atoms with Crippen molar-refractivity contribution < 1.29 is 14.3 Å². The van der Waals surface area contributed by atoms with Crippen LogP contribution in [0.5, 0.6) is 17.2 Å². The first-order chi connectivity index (χ1) is 15.2. The first-order valence-corrected chi connectivity index (χ1v) is 11.9. The highest BCUT2D eigenvalue weighted by atomic mass is 16.5. The van der Waals surface area contributed by atoms with Crippen molar-refractivity contribution in [3.05, 3.63) is 53.6 Å². The predicted octanol–water partition coefficient (Wildman–Crippen LogP) is 5.48. The minimum absolute atomic E-state index is 0.213. The van der Waals surface area contributed by atoms with Crippen molar-refractivity contribution in [2.45, 2.75) is 62.8 Å². The Morgan fingerprint density at radius 3 is 2.71 bits per heavy atom. The molecule has 3 atom stereocenters. The molecule has 2 aromatic carbocycles. The zero-order valence-corrected chi connectivity index (χ0v) is 18.3. The van der Waals surface area contributed by atoms with E-state index in [1.165, 1.54) is 36.8 Å². The summed E-state index contributed by atoms with van der Waals surface area (Å²) < 4.78 is 11.8. The van der Waals surface area contributed by atoms with Crippen LogP contribution in [0.25, 0.3) is 0 Å². The molecule has 4 aliphatic rings. The average Bonchev–Trinajstić information content (AvgIpc) is 3.65. The Morgan fingerprint density at radius 1 is 1.03 bits per heavy atom. The Bertz CT molecular complexity index is 1010. The van der Waals surface area contributed by atoms with Crippen LogP contribution < -0.4 is 9.47 Å². The number of nitrogens with zero attached hydrogens (tertiary/aromatic N) is 1. The fraction of sp³-hybridized carbons (Fsp3) is 0.519. The van der Waals surface area contributed by atoms with Gasteiger partial charge in [-0.25, -0.2) is 0 Å². The highest BCUT2D eigenvalue weighted by Gasteiger charge is 2.56. The summed E-state index contributed by atoms with van der Waals surface area (Å²) >= 11 is 0. The van der Waals surface area contributed by atoms with Crippen molar-refractivity contribution in [3.63, 3.8) is 0 Å². The van der Waals surface area contributed by atoms with Gasteiger partial charge in [0, 0.05) is 35.5 Å². The number of carbonyl (C=O) groups is 1. The Morgan fingerprint density at radius 2 is 1.87 bits per heavy atom. The minimum atomic E-state index is 0.213. The number of hydrogen-bond donors (Lipinski definition) is 0. The first kappa shape index (κ1) is 19.2. The van der Waals surface area contributed by atoms with Gasteiger partial charge in [-0.1, -0.05) is 31.0 Å². The summed E-state index contributed by atoms with van der Waals surface area (Å²) in [7, 11) is 1.68. The van der Waals surface area contributed by atoms with E-state index in [1.54, 1.807) is 7.11 Å². The van der Waals surface area contributed by atoms with Gasteiger partial charge in [0.15, 0.2) is 0 Å². The van der Waals surface area contributed by atoms with Crippen LogP contribution in [0, 0.1) is 11.8 Å². The van der Waals surface area contributed by atoms with Crippen LogP contribution in [0.2, 0.25) is 0 Å². The van der Waals surface area contributed by atoms with Crippen LogP contribution in [0.4, 0.5) is 0 Å². The summed E-state index contributed by atoms with van der Waals surface area (Å²) in [5.41, 5.74) is 3.03. The van der Waals surface area contributed by atoms with E-state index in [9.17, 15) is 4.79 Å². The maximum absolute atomic E-state index is 13.2. The molecule has 3 aliphatic carbocycles. The molecule has 0 radical (unpaired) electrons. The molecule has 1 saturated heterocycles. The Kier molecular flexibility index (Phi) is 4.52. The molecular formula is C27H31NO3. The molecular weight excluding hydrogens is 386 g/mol. The Balaban J connectivity index is 1.41. The van der Waals surface area contributed by atoms with Crippen LogP contribution in [0.3, 0.4) is 0 Å². The molecule has 162 valence electrons. The molecule has 1 amide bonds. The molecule has 4 heteroatoms. The number of methoxy groups -OCH3 is 1. The van der Waals surface area contributed by atoms with Gasteiger partial charge < -0.3 is 14.4 Å². The number of benzene rings is 2. The van der Waals surface area contributed by atoms with Gasteiger partial charge in [-0.3, -0.25) is 4.79 Å². The lowest BCUT2D eigenvalue weighted by atomic mass is 9.52. The fourth-order valence-corrected chi connectivity index (χ4v) is 6.74. The number of hydrogen-bond acceptors (Lipinski definition) is 3. The lowest BCUT2D eigenvalue weighted by Crippen LogP contribution is -2.62. The number of rotatable bonds is 4. The van der Waals surface area contributed by atoms with Crippen molar-refractivity contribution in [2.75, 3.05) is 13.7 Å². The first-order valence-electron chi connectivity index (χ1n) is 11.9. The van der Waals surface area contributed by atoms with Gasteiger partial charge in [-0.2, -0.15) is 0 Å². The minimum Gasteiger partial charge on any atom is -0.497 e. The second-order valence-electron chi connectivity index (χ2n) is 9.90. The van der Waals surface area contributed by atoms with Crippen LogP contribution in [-0.4, -0.2) is 30.5 Å². The van der Waals surface area contributed by atoms with Crippen LogP contribution >= 0.6 is 0 Å². The molecule has 0 aromatic heterocycles. The highest BCUT2D eigenvalue weighted by molar-refractivity contribution is 5.82. The van der Waals surface area contributed by atoms with E-state index in [-0.39, 0.29) is 5.41 Å². The molecule has 31 heavy (non-hydrogen) atoms. The standard InChI is InChI=1S/C27H31NO3/c1-30-19-6-4-7-20(16-19)31-25-10-5-9-22-21(25)17-24-23-8-2-3-13-27(22,23)14-15-28(24)26(29)18-11-12-18/h4-7,9-10,16,18,23-24H,2-3,8,11-15,17H2,1H3/t23-,24+,27-/m0/s1. The molecule has 6 rings (SSSR count). The molecule has 0 N–H and O–H groups in total. The Hall–Kier alpha value is -2.49. The topological polar surface area (TPSA) is 38.8 Å². The van der Waals surface area contributed by atoms with E-state index in [0.29, 0.717) is 23.8 Å². The largest absolute Gasteiger partial charge is 0.497 e. The van der Waals surface area contributed by atoms with E-state index >= 15 is 0 Å². The SMILES string of the molecule is COc1cccc(Oc2cccc3c2C[C@@H]2[C@@H]4CCCC[C@]34CCN2C(=O)C2CC2)c1. The van der Waals surface area contributed by atoms with Gasteiger partial charge in [0.1, 0.15) is 17.2 Å². The molecule has 1 aliphatic heterocycles. The molecule has 2 aromatic rings. The Labute approximate surface area is 184 Å². The third-order valence-corrected chi connectivity index (χ3v) is 8.32. The third-order valence-electron chi connectivity index (χ3n) is 8.32. The second kappa shape index (κ2) is 7.29. The van der Waals surface area contributed by atoms with Crippen molar-refractivity contribution >= 4 is 5.91 Å². The van der Waals surface area contributed by atoms with Crippen molar-refractivity contribution in [3.8, 4) is 17.2 Å². The third kappa shape index (κ3) is 3.06. The summed E-state index contributed by atoms with van der Waals surface area (Å²) in [6, 6.07) is 14.8. The lowest BCUT2D eigenvalue weighted by Gasteiger charge is -2.59. The fourth-order valence-electron chi connectivity index (χ4n) is 6.74. The monoisotopic (exact) mass is 417 g/mol. The number of fused-ring (bicyclic) bond motifs is 1. The van der Waals surface area contributed by atoms with Gasteiger partial charge in [-0.15, -0.1) is 0 Å². The normalized spacial score (nSPS) is 29.0. The lowest BCUT2D eigenvalue weighted by molar-refractivity contribution is -0.142. The van der Waals surface area contributed by atoms with Gasteiger partial charge in [-0.05, 0) is 68.2 Å². The van der Waals surface area contributed by atoms with E-state index in [1.807, 2.05) is 24.3 Å². The van der Waals surface area contributed by atoms with E-state index in [2.05, 4.69) is 23.1 Å². The second-order valence-corrected chi connectivity index (χ2v) is 9.90. The molecule has 1 heterocycles. The van der Waals surface area contributed by atoms with E-state index in [4.69, 9.17) is 9.47 Å². The average molecular weight is 418 g/mol. The van der Waals surface area contributed by atoms with E-state index < -0.39 is 0 Å². The van der Waals surface area contributed by atoms with Gasteiger partial charge in [0.05, 0.1) is 7.11 Å². The van der Waals surface area contributed by atoms with Crippen molar-refractivity contribution in [1.29, 1.82) is 0 Å². The number of ether oxygens (including phenoxy) is 2. The predicted molar refractivity (Wildman–Crippen MR) is 120 cm³/mol. The van der Waals surface area contributed by atoms with Gasteiger partial charge in [0.2, 0.25) is 5.91 Å². The molecule has 4 nitrogen and oxygen atoms in total. The van der Waals surface area contributed by atoms with Crippen molar-refractivity contribution in [1.82, 2.24) is 4.90 Å². The van der Waals surface area contributed by atoms with Crippen LogP contribution in [0.15, 0.2) is 42.5 Å². The molecule has 2 saturated carbocycles. The number of likely N-dealkylation sites (tertiary alicyclic amines) is 1. The van der Waals surface area contributed by atoms with Gasteiger partial charge in [0.25, 0.3) is 0 Å².